The predicted octanol–water partition coefficient (Wildman–Crippen LogP) is 1.54. The highest BCUT2D eigenvalue weighted by molar-refractivity contribution is 5.14. The molecule has 1 aliphatic heterocycles. The number of rotatable bonds is 5. The molecule has 0 spiro atoms. The molecular weight excluding hydrogens is 222 g/mol. The Labute approximate surface area is 111 Å². The van der Waals surface area contributed by atoms with Crippen molar-refractivity contribution in [1.82, 2.24) is 9.80 Å². The molecule has 0 saturated carbocycles. The van der Waals surface area contributed by atoms with Crippen molar-refractivity contribution in [1.29, 1.82) is 0 Å². The van der Waals surface area contributed by atoms with Gasteiger partial charge in [-0.1, -0.05) is 30.3 Å². The fraction of sp³-hybridized carbons (Fsp3) is 0.600. The summed E-state index contributed by atoms with van der Waals surface area (Å²) in [6.45, 7) is 5.23. The van der Waals surface area contributed by atoms with Gasteiger partial charge in [-0.3, -0.25) is 4.90 Å². The predicted molar refractivity (Wildman–Crippen MR) is 76.4 cm³/mol. The molecule has 1 aliphatic rings. The van der Waals surface area contributed by atoms with E-state index >= 15 is 0 Å². The fourth-order valence-electron chi connectivity index (χ4n) is 2.76. The van der Waals surface area contributed by atoms with E-state index in [1.54, 1.807) is 0 Å². The Morgan fingerprint density at radius 3 is 2.83 bits per heavy atom. The summed E-state index contributed by atoms with van der Waals surface area (Å²) in [5.74, 6) is 0. The average molecular weight is 247 g/mol. The first-order valence-corrected chi connectivity index (χ1v) is 6.96. The lowest BCUT2D eigenvalue weighted by Gasteiger charge is -2.37. The van der Waals surface area contributed by atoms with Gasteiger partial charge >= 0.3 is 0 Å². The lowest BCUT2D eigenvalue weighted by Crippen LogP contribution is -2.47. The SMILES string of the molecule is CN(CCN)[C@@H]1CCCN(Cc2ccccc2)C1. The number of piperidine rings is 1. The highest BCUT2D eigenvalue weighted by Gasteiger charge is 2.22. The maximum absolute atomic E-state index is 5.64. The smallest absolute Gasteiger partial charge is 0.0234 e. The van der Waals surface area contributed by atoms with Gasteiger partial charge in [-0.05, 0) is 32.0 Å². The minimum Gasteiger partial charge on any atom is -0.329 e. The van der Waals surface area contributed by atoms with E-state index < -0.39 is 0 Å². The topological polar surface area (TPSA) is 32.5 Å². The summed E-state index contributed by atoms with van der Waals surface area (Å²) in [6.07, 6.45) is 2.61. The van der Waals surface area contributed by atoms with Gasteiger partial charge in [0.25, 0.3) is 0 Å². The number of hydrogen-bond donors (Lipinski definition) is 1. The third-order valence-electron chi connectivity index (χ3n) is 3.83. The normalized spacial score (nSPS) is 21.4. The summed E-state index contributed by atoms with van der Waals surface area (Å²) in [6, 6.07) is 11.4. The lowest BCUT2D eigenvalue weighted by atomic mass is 10.0. The zero-order valence-electron chi connectivity index (χ0n) is 11.4. The van der Waals surface area contributed by atoms with Crippen molar-refractivity contribution in [3.63, 3.8) is 0 Å². The van der Waals surface area contributed by atoms with Crippen LogP contribution in [0.3, 0.4) is 0 Å². The molecule has 0 amide bonds. The molecule has 3 nitrogen and oxygen atoms in total. The molecule has 1 fully saturated rings. The van der Waals surface area contributed by atoms with E-state index in [0.717, 1.165) is 19.6 Å². The van der Waals surface area contributed by atoms with Crippen molar-refractivity contribution in [3.8, 4) is 0 Å². The maximum atomic E-state index is 5.64. The molecule has 0 radical (unpaired) electrons. The van der Waals surface area contributed by atoms with Crippen molar-refractivity contribution < 1.29 is 0 Å². The molecule has 1 aromatic rings. The van der Waals surface area contributed by atoms with Gasteiger partial charge in [0.2, 0.25) is 0 Å². The van der Waals surface area contributed by atoms with Crippen LogP contribution >= 0.6 is 0 Å². The molecule has 18 heavy (non-hydrogen) atoms. The molecule has 2 N–H and O–H groups in total. The van der Waals surface area contributed by atoms with Crippen LogP contribution in [0.25, 0.3) is 0 Å². The van der Waals surface area contributed by atoms with Gasteiger partial charge in [-0.15, -0.1) is 0 Å². The van der Waals surface area contributed by atoms with Crippen LogP contribution in [-0.2, 0) is 6.54 Å². The summed E-state index contributed by atoms with van der Waals surface area (Å²) < 4.78 is 0. The second-order valence-electron chi connectivity index (χ2n) is 5.29. The zero-order chi connectivity index (χ0) is 12.8. The fourth-order valence-corrected chi connectivity index (χ4v) is 2.76. The zero-order valence-corrected chi connectivity index (χ0v) is 11.4. The summed E-state index contributed by atoms with van der Waals surface area (Å²) in [5, 5.41) is 0. The van der Waals surface area contributed by atoms with Crippen LogP contribution in [0.15, 0.2) is 30.3 Å². The Kier molecular flexibility index (Phi) is 5.17. The van der Waals surface area contributed by atoms with Gasteiger partial charge in [0, 0.05) is 32.2 Å². The highest BCUT2D eigenvalue weighted by atomic mass is 15.2. The minimum atomic E-state index is 0.672. The highest BCUT2D eigenvalue weighted by Crippen LogP contribution is 2.16. The van der Waals surface area contributed by atoms with Crippen LogP contribution in [-0.4, -0.2) is 49.1 Å². The first kappa shape index (κ1) is 13.5. The molecule has 1 atom stereocenters. The molecule has 0 aromatic heterocycles. The molecule has 0 bridgehead atoms. The average Bonchev–Trinajstić information content (AvgIpc) is 2.40. The van der Waals surface area contributed by atoms with Crippen LogP contribution in [0.1, 0.15) is 18.4 Å². The third kappa shape index (κ3) is 3.80. The molecule has 0 unspecified atom stereocenters. The van der Waals surface area contributed by atoms with E-state index in [2.05, 4.69) is 47.2 Å². The maximum Gasteiger partial charge on any atom is 0.0234 e. The number of likely N-dealkylation sites (tertiary alicyclic amines) is 1. The van der Waals surface area contributed by atoms with Crippen molar-refractivity contribution in [3.05, 3.63) is 35.9 Å². The minimum absolute atomic E-state index is 0.672. The molecule has 1 saturated heterocycles. The second kappa shape index (κ2) is 6.88. The van der Waals surface area contributed by atoms with Crippen molar-refractivity contribution in [2.75, 3.05) is 33.2 Å². The number of likely N-dealkylation sites (N-methyl/N-ethyl adjacent to an activating group) is 1. The Morgan fingerprint density at radius 2 is 2.11 bits per heavy atom. The summed E-state index contributed by atoms with van der Waals surface area (Å²) in [4.78, 5) is 4.98. The van der Waals surface area contributed by atoms with Crippen molar-refractivity contribution in [2.45, 2.75) is 25.4 Å². The first-order valence-electron chi connectivity index (χ1n) is 6.96. The molecule has 1 heterocycles. The van der Waals surface area contributed by atoms with Gasteiger partial charge in [-0.25, -0.2) is 0 Å². The number of hydrogen-bond acceptors (Lipinski definition) is 3. The summed E-state index contributed by atoms with van der Waals surface area (Å²) in [7, 11) is 2.20. The van der Waals surface area contributed by atoms with Crippen LogP contribution in [0.5, 0.6) is 0 Å². The lowest BCUT2D eigenvalue weighted by molar-refractivity contribution is 0.113. The van der Waals surface area contributed by atoms with Crippen LogP contribution in [0, 0.1) is 0 Å². The monoisotopic (exact) mass is 247 g/mol. The largest absolute Gasteiger partial charge is 0.329 e. The molecular formula is C15H25N3. The van der Waals surface area contributed by atoms with Crippen molar-refractivity contribution in [2.24, 2.45) is 5.73 Å². The van der Waals surface area contributed by atoms with Crippen molar-refractivity contribution >= 4 is 0 Å². The van der Waals surface area contributed by atoms with Gasteiger partial charge in [-0.2, -0.15) is 0 Å². The van der Waals surface area contributed by atoms with Gasteiger partial charge in [0.1, 0.15) is 0 Å². The van der Waals surface area contributed by atoms with Gasteiger partial charge < -0.3 is 10.6 Å². The summed E-state index contributed by atoms with van der Waals surface area (Å²) >= 11 is 0. The van der Waals surface area contributed by atoms with Gasteiger partial charge in [0.15, 0.2) is 0 Å². The number of benzene rings is 1. The van der Waals surface area contributed by atoms with E-state index in [9.17, 15) is 0 Å². The van der Waals surface area contributed by atoms with E-state index in [1.807, 2.05) is 0 Å². The van der Waals surface area contributed by atoms with Crippen LogP contribution < -0.4 is 5.73 Å². The Morgan fingerprint density at radius 1 is 1.33 bits per heavy atom. The van der Waals surface area contributed by atoms with E-state index in [4.69, 9.17) is 5.73 Å². The van der Waals surface area contributed by atoms with Crippen LogP contribution in [0.4, 0.5) is 0 Å². The van der Waals surface area contributed by atoms with E-state index in [0.29, 0.717) is 6.04 Å². The Balaban J connectivity index is 1.87. The number of nitrogens with zero attached hydrogens (tertiary/aromatic N) is 2. The third-order valence-corrected chi connectivity index (χ3v) is 3.83. The molecule has 1 aromatic carbocycles. The van der Waals surface area contributed by atoms with Gasteiger partial charge in [0.05, 0.1) is 0 Å². The molecule has 0 aliphatic carbocycles. The Bertz CT molecular complexity index is 339. The van der Waals surface area contributed by atoms with Crippen LogP contribution in [0.2, 0.25) is 0 Å². The molecule has 2 rings (SSSR count). The van der Waals surface area contributed by atoms with E-state index in [-0.39, 0.29) is 0 Å². The standard InChI is InChI=1S/C15H25N3/c1-17(11-9-16)15-8-5-10-18(13-15)12-14-6-3-2-4-7-14/h2-4,6-7,15H,5,8-13,16H2,1H3/t15-/m1/s1. The Hall–Kier alpha value is -0.900. The van der Waals surface area contributed by atoms with E-state index in [1.165, 1.54) is 31.5 Å². The second-order valence-corrected chi connectivity index (χ2v) is 5.29. The molecule has 100 valence electrons. The quantitative estimate of drug-likeness (QED) is 0.856. The number of nitrogens with two attached hydrogens (primary N) is 1. The molecule has 3 heteroatoms. The summed E-state index contributed by atoms with van der Waals surface area (Å²) in [5.41, 5.74) is 7.06. The first-order chi connectivity index (χ1) is 8.79.